The molecule has 0 bridgehead atoms. The molecule has 0 saturated carbocycles. The van der Waals surface area contributed by atoms with Gasteiger partial charge in [-0.15, -0.1) is 0 Å². The van der Waals surface area contributed by atoms with Crippen molar-refractivity contribution in [1.82, 2.24) is 15.0 Å². The van der Waals surface area contributed by atoms with E-state index in [0.717, 1.165) is 0 Å². The molecule has 3 rings (SSSR count). The zero-order valence-corrected chi connectivity index (χ0v) is 13.6. The number of aromatic nitrogens is 2. The van der Waals surface area contributed by atoms with Gasteiger partial charge in [-0.05, 0) is 31.9 Å². The minimum Gasteiger partial charge on any atom is -0.336 e. The summed E-state index contributed by atoms with van der Waals surface area (Å²) in [5.74, 6) is -0.556. The molecule has 2 amide bonds. The van der Waals surface area contributed by atoms with Crippen molar-refractivity contribution >= 4 is 23.3 Å². The van der Waals surface area contributed by atoms with Crippen LogP contribution in [0.25, 0.3) is 0 Å². The van der Waals surface area contributed by atoms with Crippen LogP contribution in [0.5, 0.6) is 0 Å². The van der Waals surface area contributed by atoms with Gasteiger partial charge in [0.1, 0.15) is 0 Å². The van der Waals surface area contributed by atoms with Gasteiger partial charge in [0.05, 0.1) is 17.3 Å². The van der Waals surface area contributed by atoms with E-state index >= 15 is 4.39 Å². The summed E-state index contributed by atoms with van der Waals surface area (Å²) < 4.78 is 33.9. The highest BCUT2D eigenvalue weighted by molar-refractivity contribution is 6.31. The van der Waals surface area contributed by atoms with Crippen LogP contribution in [0.2, 0.25) is 5.02 Å². The van der Waals surface area contributed by atoms with E-state index in [2.05, 4.69) is 15.5 Å². The number of halogens is 3. The van der Waals surface area contributed by atoms with Crippen molar-refractivity contribution in [3.63, 3.8) is 0 Å². The van der Waals surface area contributed by atoms with Gasteiger partial charge in [0.2, 0.25) is 5.67 Å². The number of alkyl halides is 1. The predicted octanol–water partition coefficient (Wildman–Crippen LogP) is 3.66. The van der Waals surface area contributed by atoms with Crippen molar-refractivity contribution in [2.45, 2.75) is 25.4 Å². The molecule has 0 aliphatic carbocycles. The maximum Gasteiger partial charge on any atom is 0.322 e. The summed E-state index contributed by atoms with van der Waals surface area (Å²) in [4.78, 5) is 17.5. The zero-order chi connectivity index (χ0) is 17.3. The fraction of sp³-hybridized carbons (Fsp3) is 0.400. The summed E-state index contributed by atoms with van der Waals surface area (Å²) >= 11 is 5.68. The van der Waals surface area contributed by atoms with E-state index < -0.39 is 17.5 Å². The Kier molecular flexibility index (Phi) is 4.40. The van der Waals surface area contributed by atoms with Crippen LogP contribution >= 0.6 is 11.6 Å². The van der Waals surface area contributed by atoms with Gasteiger partial charge in [-0.25, -0.2) is 13.6 Å². The van der Waals surface area contributed by atoms with E-state index in [0.29, 0.717) is 18.8 Å². The Labute approximate surface area is 141 Å². The number of aryl methyl sites for hydroxylation is 1. The lowest BCUT2D eigenvalue weighted by Crippen LogP contribution is -2.48. The van der Waals surface area contributed by atoms with Crippen LogP contribution in [0.15, 0.2) is 22.7 Å². The first-order valence-electron chi connectivity index (χ1n) is 7.39. The second-order valence-corrected chi connectivity index (χ2v) is 6.08. The van der Waals surface area contributed by atoms with Crippen molar-refractivity contribution in [2.24, 2.45) is 0 Å². The van der Waals surface area contributed by atoms with Crippen LogP contribution in [0.4, 0.5) is 19.3 Å². The number of amides is 2. The number of piperidine rings is 1. The highest BCUT2D eigenvalue weighted by Crippen LogP contribution is 2.35. The maximum atomic E-state index is 15.1. The molecule has 1 aromatic carbocycles. The summed E-state index contributed by atoms with van der Waals surface area (Å²) in [5, 5.41) is 5.89. The van der Waals surface area contributed by atoms with E-state index in [-0.39, 0.29) is 29.6 Å². The van der Waals surface area contributed by atoms with Gasteiger partial charge in [0.25, 0.3) is 5.89 Å². The number of rotatable bonds is 2. The molecule has 0 spiro atoms. The maximum absolute atomic E-state index is 15.1. The summed E-state index contributed by atoms with van der Waals surface area (Å²) in [6, 6.07) is 3.65. The number of carbonyl (C=O) groups excluding carboxylic acids is 1. The van der Waals surface area contributed by atoms with Crippen LogP contribution in [0.1, 0.15) is 24.6 Å². The van der Waals surface area contributed by atoms with Crippen molar-refractivity contribution in [3.05, 3.63) is 40.8 Å². The molecule has 1 aliphatic rings. The van der Waals surface area contributed by atoms with E-state index in [1.54, 1.807) is 6.92 Å². The fourth-order valence-electron chi connectivity index (χ4n) is 2.63. The molecule has 1 atom stereocenters. The van der Waals surface area contributed by atoms with Crippen LogP contribution in [-0.2, 0) is 5.67 Å². The highest BCUT2D eigenvalue weighted by atomic mass is 35.5. The van der Waals surface area contributed by atoms with E-state index in [4.69, 9.17) is 16.1 Å². The van der Waals surface area contributed by atoms with Gasteiger partial charge in [-0.1, -0.05) is 22.8 Å². The van der Waals surface area contributed by atoms with Crippen LogP contribution in [0.3, 0.4) is 0 Å². The smallest absolute Gasteiger partial charge is 0.322 e. The minimum absolute atomic E-state index is 0.0591. The number of hydrogen-bond acceptors (Lipinski definition) is 4. The van der Waals surface area contributed by atoms with E-state index in [1.165, 1.54) is 23.1 Å². The Morgan fingerprint density at radius 3 is 3.00 bits per heavy atom. The Morgan fingerprint density at radius 1 is 1.50 bits per heavy atom. The number of benzene rings is 1. The third kappa shape index (κ3) is 3.19. The molecule has 1 aliphatic heterocycles. The SMILES string of the molecule is Cc1noc(C2(F)CCCN(C(=O)Nc3cccc(Cl)c3F)C2)n1. The van der Waals surface area contributed by atoms with E-state index in [1.807, 2.05) is 0 Å². The molecule has 24 heavy (non-hydrogen) atoms. The summed E-state index contributed by atoms with van der Waals surface area (Å²) in [6.07, 6.45) is 0.591. The monoisotopic (exact) mass is 356 g/mol. The standard InChI is InChI=1S/C15H15ClF2N4O2/c1-9-19-13(24-21-9)15(18)6-3-7-22(8-15)14(23)20-11-5-2-4-10(16)12(11)17/h2,4-5H,3,6-8H2,1H3,(H,20,23). The molecule has 1 unspecified atom stereocenters. The quantitative estimate of drug-likeness (QED) is 0.891. The first kappa shape index (κ1) is 16.6. The van der Waals surface area contributed by atoms with Crippen LogP contribution < -0.4 is 5.32 Å². The molecular weight excluding hydrogens is 342 g/mol. The summed E-state index contributed by atoms with van der Waals surface area (Å²) in [7, 11) is 0. The molecule has 0 radical (unpaired) electrons. The van der Waals surface area contributed by atoms with Gasteiger partial charge < -0.3 is 14.7 Å². The van der Waals surface area contributed by atoms with Gasteiger partial charge in [0.15, 0.2) is 11.6 Å². The lowest BCUT2D eigenvalue weighted by molar-refractivity contribution is 0.0333. The number of likely N-dealkylation sites (tertiary alicyclic amines) is 1. The number of anilines is 1. The van der Waals surface area contributed by atoms with Crippen molar-refractivity contribution in [1.29, 1.82) is 0 Å². The third-order valence-electron chi connectivity index (χ3n) is 3.83. The molecule has 2 heterocycles. The van der Waals surface area contributed by atoms with Crippen LogP contribution in [-0.4, -0.2) is 34.2 Å². The molecule has 1 saturated heterocycles. The van der Waals surface area contributed by atoms with Gasteiger partial charge in [-0.2, -0.15) is 4.98 Å². The average Bonchev–Trinajstić information content (AvgIpc) is 2.99. The summed E-state index contributed by atoms with van der Waals surface area (Å²) in [6.45, 7) is 1.68. The minimum atomic E-state index is -1.91. The number of nitrogens with zero attached hydrogens (tertiary/aromatic N) is 3. The lowest BCUT2D eigenvalue weighted by atomic mass is 9.95. The number of carbonyl (C=O) groups is 1. The Balaban J connectivity index is 1.74. The van der Waals surface area contributed by atoms with Gasteiger partial charge >= 0.3 is 6.03 Å². The Hall–Kier alpha value is -2.22. The van der Waals surface area contributed by atoms with E-state index in [9.17, 15) is 9.18 Å². The molecule has 1 N–H and O–H groups in total. The normalized spacial score (nSPS) is 20.9. The third-order valence-corrected chi connectivity index (χ3v) is 4.13. The van der Waals surface area contributed by atoms with Crippen LogP contribution in [0, 0.1) is 12.7 Å². The predicted molar refractivity (Wildman–Crippen MR) is 83.1 cm³/mol. The molecular formula is C15H15ClF2N4O2. The topological polar surface area (TPSA) is 71.3 Å². The van der Waals surface area contributed by atoms with Crippen molar-refractivity contribution in [3.8, 4) is 0 Å². The first-order chi connectivity index (χ1) is 11.4. The summed E-state index contributed by atoms with van der Waals surface area (Å²) in [5.41, 5.74) is -1.97. The number of urea groups is 1. The molecule has 1 fully saturated rings. The van der Waals surface area contributed by atoms with Gasteiger partial charge in [0, 0.05) is 6.54 Å². The number of hydrogen-bond donors (Lipinski definition) is 1. The lowest BCUT2D eigenvalue weighted by Gasteiger charge is -2.35. The first-order valence-corrected chi connectivity index (χ1v) is 7.76. The second-order valence-electron chi connectivity index (χ2n) is 5.67. The fourth-order valence-corrected chi connectivity index (χ4v) is 2.81. The average molecular weight is 357 g/mol. The highest BCUT2D eigenvalue weighted by Gasteiger charge is 2.43. The Morgan fingerprint density at radius 2 is 2.29 bits per heavy atom. The second kappa shape index (κ2) is 6.35. The molecule has 128 valence electrons. The molecule has 6 nitrogen and oxygen atoms in total. The Bertz CT molecular complexity index is 770. The molecule has 1 aromatic heterocycles. The zero-order valence-electron chi connectivity index (χ0n) is 12.9. The molecule has 9 heteroatoms. The van der Waals surface area contributed by atoms with Crippen molar-refractivity contribution < 1.29 is 18.1 Å². The van der Waals surface area contributed by atoms with Gasteiger partial charge in [-0.3, -0.25) is 0 Å². The largest absolute Gasteiger partial charge is 0.336 e. The van der Waals surface area contributed by atoms with Crippen molar-refractivity contribution in [2.75, 3.05) is 18.4 Å². The molecule has 2 aromatic rings. The number of nitrogens with one attached hydrogen (secondary N) is 1.